The predicted octanol–water partition coefficient (Wildman–Crippen LogP) is 3.97. The number of pyridine rings is 1. The molecule has 0 aliphatic rings. The normalized spacial score (nSPS) is 12.3. The number of ether oxygens (including phenoxy) is 1. The van der Waals surface area contributed by atoms with E-state index in [1.165, 1.54) is 12.1 Å². The van der Waals surface area contributed by atoms with Crippen molar-refractivity contribution in [2.24, 2.45) is 5.73 Å². The van der Waals surface area contributed by atoms with Crippen LogP contribution in [-0.2, 0) is 6.61 Å². The summed E-state index contributed by atoms with van der Waals surface area (Å²) in [6.45, 7) is 2.27. The van der Waals surface area contributed by atoms with Crippen LogP contribution in [0.1, 0.15) is 24.2 Å². The molecule has 1 heterocycles. The highest BCUT2D eigenvalue weighted by atomic mass is 19.1. The smallest absolute Gasteiger partial charge is 0.143 e. The van der Waals surface area contributed by atoms with Gasteiger partial charge in [0.2, 0.25) is 0 Å². The lowest BCUT2D eigenvalue weighted by molar-refractivity contribution is 0.300. The SMILES string of the molecule is C[C@H](N)c1nc2ccc(F)cc2cc1OCc1ccccc1. The fourth-order valence-electron chi connectivity index (χ4n) is 2.32. The molecule has 1 atom stereocenters. The molecule has 0 spiro atoms. The Hall–Kier alpha value is -2.46. The molecule has 3 aromatic rings. The summed E-state index contributed by atoms with van der Waals surface area (Å²) in [7, 11) is 0. The van der Waals surface area contributed by atoms with Gasteiger partial charge < -0.3 is 10.5 Å². The number of hydrogen-bond donors (Lipinski definition) is 1. The number of hydrogen-bond acceptors (Lipinski definition) is 3. The first-order chi connectivity index (χ1) is 10.6. The highest BCUT2D eigenvalue weighted by molar-refractivity contribution is 5.80. The molecule has 0 saturated carbocycles. The van der Waals surface area contributed by atoms with Crippen LogP contribution in [-0.4, -0.2) is 4.98 Å². The lowest BCUT2D eigenvalue weighted by Crippen LogP contribution is -2.10. The molecule has 0 aliphatic carbocycles. The van der Waals surface area contributed by atoms with E-state index in [2.05, 4.69) is 4.98 Å². The summed E-state index contributed by atoms with van der Waals surface area (Å²) >= 11 is 0. The first-order valence-electron chi connectivity index (χ1n) is 7.16. The quantitative estimate of drug-likeness (QED) is 0.792. The van der Waals surface area contributed by atoms with Crippen LogP contribution in [0.25, 0.3) is 10.9 Å². The molecule has 4 heteroatoms. The molecule has 0 amide bonds. The van der Waals surface area contributed by atoms with Gasteiger partial charge in [-0.1, -0.05) is 30.3 Å². The summed E-state index contributed by atoms with van der Waals surface area (Å²) in [5.41, 5.74) is 8.43. The van der Waals surface area contributed by atoms with Crippen molar-refractivity contribution in [3.05, 3.63) is 71.7 Å². The zero-order chi connectivity index (χ0) is 15.5. The molecule has 0 aliphatic heterocycles. The first-order valence-corrected chi connectivity index (χ1v) is 7.16. The van der Waals surface area contributed by atoms with Gasteiger partial charge >= 0.3 is 0 Å². The summed E-state index contributed by atoms with van der Waals surface area (Å²) in [5, 5.41) is 0.701. The minimum atomic E-state index is -0.295. The van der Waals surface area contributed by atoms with E-state index in [0.717, 1.165) is 5.56 Å². The van der Waals surface area contributed by atoms with E-state index in [4.69, 9.17) is 10.5 Å². The maximum atomic E-state index is 13.4. The summed E-state index contributed by atoms with van der Waals surface area (Å²) in [5.74, 6) is 0.300. The van der Waals surface area contributed by atoms with E-state index in [0.29, 0.717) is 29.0 Å². The average Bonchev–Trinajstić information content (AvgIpc) is 2.52. The third-order valence-corrected chi connectivity index (χ3v) is 3.44. The Balaban J connectivity index is 1.97. The third kappa shape index (κ3) is 3.07. The number of nitrogens with zero attached hydrogens (tertiary/aromatic N) is 1. The summed E-state index contributed by atoms with van der Waals surface area (Å²) < 4.78 is 19.3. The Morgan fingerprint density at radius 2 is 1.91 bits per heavy atom. The number of aromatic nitrogens is 1. The van der Waals surface area contributed by atoms with Crippen LogP contribution in [0.4, 0.5) is 4.39 Å². The fourth-order valence-corrected chi connectivity index (χ4v) is 2.32. The van der Waals surface area contributed by atoms with Crippen molar-refractivity contribution >= 4 is 10.9 Å². The minimum Gasteiger partial charge on any atom is -0.487 e. The molecule has 1 aromatic heterocycles. The Labute approximate surface area is 128 Å². The lowest BCUT2D eigenvalue weighted by Gasteiger charge is -2.14. The van der Waals surface area contributed by atoms with Crippen LogP contribution in [0.2, 0.25) is 0 Å². The number of rotatable bonds is 4. The minimum absolute atomic E-state index is 0.264. The van der Waals surface area contributed by atoms with Gasteiger partial charge in [-0.05, 0) is 36.8 Å². The standard InChI is InChI=1S/C18H17FN2O/c1-12(20)18-17(22-11-13-5-3-2-4-6-13)10-14-9-15(19)7-8-16(14)21-18/h2-10,12H,11,20H2,1H3/t12-/m0/s1. The van der Waals surface area contributed by atoms with Crippen molar-refractivity contribution in [2.45, 2.75) is 19.6 Å². The van der Waals surface area contributed by atoms with E-state index in [9.17, 15) is 4.39 Å². The van der Waals surface area contributed by atoms with Crippen LogP contribution in [0.5, 0.6) is 5.75 Å². The van der Waals surface area contributed by atoms with Crippen molar-refractivity contribution in [3.63, 3.8) is 0 Å². The fraction of sp³-hybridized carbons (Fsp3) is 0.167. The van der Waals surface area contributed by atoms with E-state index in [1.54, 1.807) is 12.1 Å². The monoisotopic (exact) mass is 296 g/mol. The number of nitrogens with two attached hydrogens (primary N) is 1. The Morgan fingerprint density at radius 1 is 1.14 bits per heavy atom. The van der Waals surface area contributed by atoms with Crippen LogP contribution in [0.15, 0.2) is 54.6 Å². The van der Waals surface area contributed by atoms with Crippen molar-refractivity contribution in [3.8, 4) is 5.75 Å². The number of benzene rings is 2. The van der Waals surface area contributed by atoms with E-state index >= 15 is 0 Å². The molecule has 2 N–H and O–H groups in total. The maximum absolute atomic E-state index is 13.4. The Kier molecular flexibility index (Phi) is 4.02. The first kappa shape index (κ1) is 14.5. The molecule has 3 nitrogen and oxygen atoms in total. The van der Waals surface area contributed by atoms with E-state index < -0.39 is 0 Å². The van der Waals surface area contributed by atoms with Gasteiger partial charge in [-0.15, -0.1) is 0 Å². The van der Waals surface area contributed by atoms with Gasteiger partial charge in [0.1, 0.15) is 18.2 Å². The van der Waals surface area contributed by atoms with Gasteiger partial charge in [0.15, 0.2) is 0 Å². The van der Waals surface area contributed by atoms with Gasteiger partial charge in [-0.3, -0.25) is 0 Å². The highest BCUT2D eigenvalue weighted by Gasteiger charge is 2.13. The molecule has 3 rings (SSSR count). The zero-order valence-corrected chi connectivity index (χ0v) is 12.3. The zero-order valence-electron chi connectivity index (χ0n) is 12.3. The van der Waals surface area contributed by atoms with Gasteiger partial charge in [-0.25, -0.2) is 9.37 Å². The largest absolute Gasteiger partial charge is 0.487 e. The second kappa shape index (κ2) is 6.12. The molecule has 22 heavy (non-hydrogen) atoms. The van der Waals surface area contributed by atoms with Crippen molar-refractivity contribution in [1.29, 1.82) is 0 Å². The highest BCUT2D eigenvalue weighted by Crippen LogP contribution is 2.28. The van der Waals surface area contributed by atoms with Crippen LogP contribution >= 0.6 is 0 Å². The molecule has 0 radical (unpaired) electrons. The predicted molar refractivity (Wildman–Crippen MR) is 85.1 cm³/mol. The molecular formula is C18H17FN2O. The second-order valence-electron chi connectivity index (χ2n) is 5.27. The van der Waals surface area contributed by atoms with Crippen LogP contribution < -0.4 is 10.5 Å². The van der Waals surface area contributed by atoms with Crippen LogP contribution in [0, 0.1) is 5.82 Å². The summed E-state index contributed by atoms with van der Waals surface area (Å²) in [6.07, 6.45) is 0. The van der Waals surface area contributed by atoms with E-state index in [1.807, 2.05) is 37.3 Å². The summed E-state index contributed by atoms with van der Waals surface area (Å²) in [6, 6.07) is 15.9. The van der Waals surface area contributed by atoms with Crippen LogP contribution in [0.3, 0.4) is 0 Å². The Bertz CT molecular complexity index is 788. The molecular weight excluding hydrogens is 279 g/mol. The number of halogens is 1. The molecule has 2 aromatic carbocycles. The van der Waals surface area contributed by atoms with Gasteiger partial charge in [-0.2, -0.15) is 0 Å². The maximum Gasteiger partial charge on any atom is 0.143 e. The second-order valence-corrected chi connectivity index (χ2v) is 5.27. The van der Waals surface area contributed by atoms with Gasteiger partial charge in [0, 0.05) is 11.4 Å². The topological polar surface area (TPSA) is 48.1 Å². The third-order valence-electron chi connectivity index (χ3n) is 3.44. The van der Waals surface area contributed by atoms with Gasteiger partial charge in [0.05, 0.1) is 11.2 Å². The molecule has 0 fully saturated rings. The van der Waals surface area contributed by atoms with Crippen molar-refractivity contribution < 1.29 is 9.13 Å². The lowest BCUT2D eigenvalue weighted by atomic mass is 10.1. The molecule has 112 valence electrons. The molecule has 0 unspecified atom stereocenters. The average molecular weight is 296 g/mol. The van der Waals surface area contributed by atoms with Crippen molar-refractivity contribution in [1.82, 2.24) is 4.98 Å². The van der Waals surface area contributed by atoms with E-state index in [-0.39, 0.29) is 11.9 Å². The molecule has 0 saturated heterocycles. The Morgan fingerprint density at radius 3 is 2.64 bits per heavy atom. The van der Waals surface area contributed by atoms with Gasteiger partial charge in [0.25, 0.3) is 0 Å². The summed E-state index contributed by atoms with van der Waals surface area (Å²) in [4.78, 5) is 4.51. The van der Waals surface area contributed by atoms with Crippen molar-refractivity contribution in [2.75, 3.05) is 0 Å². The molecule has 0 bridgehead atoms. The number of fused-ring (bicyclic) bond motifs is 1.